The van der Waals surface area contributed by atoms with Gasteiger partial charge in [0.05, 0.1) is 18.6 Å². The van der Waals surface area contributed by atoms with Crippen molar-refractivity contribution in [2.45, 2.75) is 25.0 Å². The molecule has 0 aromatic heterocycles. The summed E-state index contributed by atoms with van der Waals surface area (Å²) in [5, 5.41) is 22.0. The molecular formula is C18H20FNO3. The van der Waals surface area contributed by atoms with Gasteiger partial charge in [-0.3, -0.25) is 4.79 Å². The summed E-state index contributed by atoms with van der Waals surface area (Å²) >= 11 is 0. The molecule has 0 fully saturated rings. The van der Waals surface area contributed by atoms with Gasteiger partial charge in [-0.2, -0.15) is 0 Å². The third-order valence-corrected chi connectivity index (χ3v) is 3.57. The molecule has 2 aromatic rings. The normalized spacial score (nSPS) is 13.3. The molecule has 0 aliphatic heterocycles. The van der Waals surface area contributed by atoms with Crippen LogP contribution in [0.25, 0.3) is 0 Å². The fourth-order valence-corrected chi connectivity index (χ4v) is 2.40. The van der Waals surface area contributed by atoms with Crippen molar-refractivity contribution in [1.82, 2.24) is 5.32 Å². The Morgan fingerprint density at radius 2 is 1.78 bits per heavy atom. The smallest absolute Gasteiger partial charge is 0.223 e. The summed E-state index contributed by atoms with van der Waals surface area (Å²) in [5.74, 6) is -0.812. The average Bonchev–Trinajstić information content (AvgIpc) is 2.55. The molecule has 0 saturated carbocycles. The van der Waals surface area contributed by atoms with Gasteiger partial charge in [-0.05, 0) is 29.7 Å². The molecule has 122 valence electrons. The zero-order valence-electron chi connectivity index (χ0n) is 12.7. The second-order valence-corrected chi connectivity index (χ2v) is 5.32. The first-order chi connectivity index (χ1) is 11.1. The SMILES string of the molecule is O=C(CC(O)c1cccc(F)c1)NC(CCO)c1ccccc1. The van der Waals surface area contributed by atoms with E-state index in [0.29, 0.717) is 12.0 Å². The first-order valence-electron chi connectivity index (χ1n) is 7.49. The summed E-state index contributed by atoms with van der Waals surface area (Å²) in [6.07, 6.45) is -0.861. The molecule has 0 bridgehead atoms. The van der Waals surface area contributed by atoms with Crippen LogP contribution in [0.3, 0.4) is 0 Å². The van der Waals surface area contributed by atoms with Crippen LogP contribution in [0, 0.1) is 5.82 Å². The zero-order valence-corrected chi connectivity index (χ0v) is 12.7. The van der Waals surface area contributed by atoms with E-state index < -0.39 is 11.9 Å². The maximum atomic E-state index is 13.2. The highest BCUT2D eigenvalue weighted by molar-refractivity contribution is 5.77. The number of hydrogen-bond donors (Lipinski definition) is 3. The van der Waals surface area contributed by atoms with Crippen molar-refractivity contribution in [3.8, 4) is 0 Å². The number of carbonyl (C=O) groups excluding carboxylic acids is 1. The molecule has 2 rings (SSSR count). The van der Waals surface area contributed by atoms with E-state index in [0.717, 1.165) is 5.56 Å². The zero-order chi connectivity index (χ0) is 16.7. The van der Waals surface area contributed by atoms with Crippen LogP contribution in [-0.2, 0) is 4.79 Å². The van der Waals surface area contributed by atoms with E-state index >= 15 is 0 Å². The third-order valence-electron chi connectivity index (χ3n) is 3.57. The second-order valence-electron chi connectivity index (χ2n) is 5.32. The lowest BCUT2D eigenvalue weighted by atomic mass is 10.0. The number of benzene rings is 2. The summed E-state index contributed by atoms with van der Waals surface area (Å²) in [6.45, 7) is -0.0632. The average molecular weight is 317 g/mol. The molecule has 0 radical (unpaired) electrons. The van der Waals surface area contributed by atoms with Gasteiger partial charge in [-0.25, -0.2) is 4.39 Å². The number of nitrogens with one attached hydrogen (secondary N) is 1. The van der Waals surface area contributed by atoms with Crippen molar-refractivity contribution in [2.24, 2.45) is 0 Å². The first-order valence-corrected chi connectivity index (χ1v) is 7.49. The van der Waals surface area contributed by atoms with Crippen LogP contribution in [0.1, 0.15) is 36.1 Å². The Hall–Kier alpha value is -2.24. The third kappa shape index (κ3) is 5.16. The fraction of sp³-hybridized carbons (Fsp3) is 0.278. The van der Waals surface area contributed by atoms with E-state index in [1.807, 2.05) is 30.3 Å². The minimum Gasteiger partial charge on any atom is -0.396 e. The lowest BCUT2D eigenvalue weighted by Gasteiger charge is -2.19. The topological polar surface area (TPSA) is 69.6 Å². The van der Waals surface area contributed by atoms with Gasteiger partial charge in [0, 0.05) is 6.61 Å². The predicted molar refractivity (Wildman–Crippen MR) is 85.0 cm³/mol. The Morgan fingerprint density at radius 3 is 2.43 bits per heavy atom. The molecule has 5 heteroatoms. The number of carbonyl (C=O) groups is 1. The molecule has 0 saturated heterocycles. The van der Waals surface area contributed by atoms with Gasteiger partial charge in [-0.1, -0.05) is 42.5 Å². The number of aliphatic hydroxyl groups excluding tert-OH is 2. The van der Waals surface area contributed by atoms with Gasteiger partial charge in [0.15, 0.2) is 0 Å². The van der Waals surface area contributed by atoms with Crippen LogP contribution in [0.15, 0.2) is 54.6 Å². The van der Waals surface area contributed by atoms with Crippen molar-refractivity contribution in [1.29, 1.82) is 0 Å². The summed E-state index contributed by atoms with van der Waals surface area (Å²) in [5.41, 5.74) is 1.24. The molecule has 2 atom stereocenters. The van der Waals surface area contributed by atoms with Crippen LogP contribution in [0.2, 0.25) is 0 Å². The van der Waals surface area contributed by atoms with E-state index in [-0.39, 0.29) is 25.0 Å². The van der Waals surface area contributed by atoms with E-state index in [2.05, 4.69) is 5.32 Å². The number of amides is 1. The molecule has 0 aliphatic carbocycles. The van der Waals surface area contributed by atoms with Gasteiger partial charge in [0.2, 0.25) is 5.91 Å². The van der Waals surface area contributed by atoms with Crippen molar-refractivity contribution in [3.05, 3.63) is 71.5 Å². The highest BCUT2D eigenvalue weighted by Crippen LogP contribution is 2.20. The summed E-state index contributed by atoms with van der Waals surface area (Å²) in [4.78, 5) is 12.1. The highest BCUT2D eigenvalue weighted by atomic mass is 19.1. The Labute approximate surface area is 134 Å². The minimum absolute atomic E-state index is 0.0632. The fourth-order valence-electron chi connectivity index (χ4n) is 2.40. The van der Waals surface area contributed by atoms with Gasteiger partial charge in [-0.15, -0.1) is 0 Å². The molecule has 3 N–H and O–H groups in total. The number of rotatable bonds is 7. The van der Waals surface area contributed by atoms with Crippen LogP contribution < -0.4 is 5.32 Å². The lowest BCUT2D eigenvalue weighted by Crippen LogP contribution is -2.30. The van der Waals surface area contributed by atoms with Gasteiger partial charge in [0.25, 0.3) is 0 Å². The van der Waals surface area contributed by atoms with E-state index in [9.17, 15) is 14.3 Å². The Kier molecular flexibility index (Phi) is 6.26. The molecule has 0 spiro atoms. The molecule has 23 heavy (non-hydrogen) atoms. The summed E-state index contributed by atoms with van der Waals surface area (Å²) in [7, 11) is 0. The van der Waals surface area contributed by atoms with E-state index in [1.54, 1.807) is 6.07 Å². The lowest BCUT2D eigenvalue weighted by molar-refractivity contribution is -0.124. The van der Waals surface area contributed by atoms with Crippen molar-refractivity contribution >= 4 is 5.91 Å². The first kappa shape index (κ1) is 17.1. The monoisotopic (exact) mass is 317 g/mol. The molecular weight excluding hydrogens is 297 g/mol. The van der Waals surface area contributed by atoms with Gasteiger partial charge >= 0.3 is 0 Å². The van der Waals surface area contributed by atoms with Crippen LogP contribution in [0.5, 0.6) is 0 Å². The van der Waals surface area contributed by atoms with Crippen molar-refractivity contribution < 1.29 is 19.4 Å². The Bertz CT molecular complexity index is 633. The van der Waals surface area contributed by atoms with E-state index in [1.165, 1.54) is 18.2 Å². The summed E-state index contributed by atoms with van der Waals surface area (Å²) < 4.78 is 13.2. The summed E-state index contributed by atoms with van der Waals surface area (Å²) in [6, 6.07) is 14.5. The Morgan fingerprint density at radius 1 is 1.09 bits per heavy atom. The molecule has 0 aliphatic rings. The van der Waals surface area contributed by atoms with Crippen LogP contribution in [0.4, 0.5) is 4.39 Å². The minimum atomic E-state index is -1.07. The maximum Gasteiger partial charge on any atom is 0.223 e. The second kappa shape index (κ2) is 8.41. The highest BCUT2D eigenvalue weighted by Gasteiger charge is 2.18. The largest absolute Gasteiger partial charge is 0.396 e. The maximum absolute atomic E-state index is 13.2. The predicted octanol–water partition coefficient (Wildman–Crippen LogP) is 2.49. The number of hydrogen-bond acceptors (Lipinski definition) is 3. The van der Waals surface area contributed by atoms with Crippen molar-refractivity contribution in [2.75, 3.05) is 6.61 Å². The van der Waals surface area contributed by atoms with Crippen molar-refractivity contribution in [3.63, 3.8) is 0 Å². The van der Waals surface area contributed by atoms with Crippen LogP contribution in [-0.4, -0.2) is 22.7 Å². The Balaban J connectivity index is 1.99. The van der Waals surface area contributed by atoms with E-state index in [4.69, 9.17) is 5.11 Å². The quantitative estimate of drug-likeness (QED) is 0.735. The number of halogens is 1. The van der Waals surface area contributed by atoms with Gasteiger partial charge in [0.1, 0.15) is 5.82 Å². The van der Waals surface area contributed by atoms with Crippen LogP contribution >= 0.6 is 0 Å². The standard InChI is InChI=1S/C18H20FNO3/c19-15-8-4-7-14(11-15)17(22)12-18(23)20-16(9-10-21)13-5-2-1-3-6-13/h1-8,11,16-17,21-22H,9-10,12H2,(H,20,23). The molecule has 4 nitrogen and oxygen atoms in total. The molecule has 0 heterocycles. The molecule has 2 unspecified atom stereocenters. The molecule has 2 aromatic carbocycles. The van der Waals surface area contributed by atoms with Gasteiger partial charge < -0.3 is 15.5 Å². The molecule has 1 amide bonds. The number of aliphatic hydroxyl groups is 2.